The van der Waals surface area contributed by atoms with E-state index in [0.717, 1.165) is 30.4 Å². The van der Waals surface area contributed by atoms with Crippen LogP contribution < -0.4 is 0 Å². The molecule has 1 amide bonds. The first-order valence-electron chi connectivity index (χ1n) is 6.47. The van der Waals surface area contributed by atoms with Crippen molar-refractivity contribution in [3.8, 4) is 0 Å². The van der Waals surface area contributed by atoms with Crippen molar-refractivity contribution in [2.45, 2.75) is 29.9 Å². The zero-order valence-electron chi connectivity index (χ0n) is 11.1. The number of thioether (sulfide) groups is 1. The van der Waals surface area contributed by atoms with Crippen molar-refractivity contribution < 1.29 is 14.7 Å². The van der Waals surface area contributed by atoms with Crippen molar-refractivity contribution in [1.29, 1.82) is 0 Å². The number of carbonyl (C=O) groups excluding carboxylic acids is 1. The van der Waals surface area contributed by atoms with Crippen LogP contribution in [0.1, 0.15) is 30.1 Å². The maximum atomic E-state index is 12.3. The third-order valence-electron chi connectivity index (χ3n) is 3.24. The highest BCUT2D eigenvalue weighted by Crippen LogP contribution is 2.31. The van der Waals surface area contributed by atoms with Crippen LogP contribution in [-0.2, 0) is 4.79 Å². The topological polar surface area (TPSA) is 57.6 Å². The second-order valence-electron chi connectivity index (χ2n) is 4.74. The number of aromatic carboxylic acids is 1. The maximum Gasteiger partial charge on any atom is 0.336 e. The molecule has 1 unspecified atom stereocenters. The van der Waals surface area contributed by atoms with Gasteiger partial charge in [-0.25, -0.2) is 4.79 Å². The third kappa shape index (κ3) is 3.55. The van der Waals surface area contributed by atoms with Crippen LogP contribution in [0, 0.1) is 0 Å². The minimum Gasteiger partial charge on any atom is -0.478 e. The Morgan fingerprint density at radius 1 is 1.35 bits per heavy atom. The predicted octanol–water partition coefficient (Wildman–Crippen LogP) is 3.25. The number of carbonyl (C=O) groups is 2. The summed E-state index contributed by atoms with van der Waals surface area (Å²) in [7, 11) is 0. The lowest BCUT2D eigenvalue weighted by atomic mass is 10.2. The lowest BCUT2D eigenvalue weighted by Crippen LogP contribution is -2.34. The van der Waals surface area contributed by atoms with Crippen molar-refractivity contribution >= 4 is 39.6 Å². The molecule has 0 aliphatic carbocycles. The number of nitrogens with zero attached hydrogens (tertiary/aromatic N) is 1. The number of carboxylic acids is 1. The molecule has 6 heteroatoms. The Bertz CT molecular complexity index is 529. The van der Waals surface area contributed by atoms with E-state index in [1.54, 1.807) is 18.2 Å². The van der Waals surface area contributed by atoms with Crippen LogP contribution in [0.5, 0.6) is 0 Å². The van der Waals surface area contributed by atoms with Gasteiger partial charge < -0.3 is 10.0 Å². The Labute approximate surface area is 130 Å². The smallest absolute Gasteiger partial charge is 0.336 e. The maximum absolute atomic E-state index is 12.3. The number of halogens is 1. The standard InChI is InChI=1S/C14H16BrNO3S/c1-9(13(17)16-6-2-3-7-16)20-12-8-10(15)4-5-11(12)14(18)19/h4-5,8-9H,2-3,6-7H2,1H3,(H,18,19). The molecular weight excluding hydrogens is 342 g/mol. The van der Waals surface area contributed by atoms with Crippen LogP contribution in [-0.4, -0.2) is 40.2 Å². The number of carboxylic acid groups (broad SMARTS) is 1. The zero-order valence-corrected chi connectivity index (χ0v) is 13.5. The molecule has 108 valence electrons. The van der Waals surface area contributed by atoms with E-state index in [2.05, 4.69) is 15.9 Å². The van der Waals surface area contributed by atoms with E-state index in [1.165, 1.54) is 11.8 Å². The summed E-state index contributed by atoms with van der Waals surface area (Å²) in [5.41, 5.74) is 0.235. The molecular formula is C14H16BrNO3S. The van der Waals surface area contributed by atoms with Crippen LogP contribution in [0.4, 0.5) is 0 Å². The Hall–Kier alpha value is -1.01. The van der Waals surface area contributed by atoms with Gasteiger partial charge in [-0.1, -0.05) is 15.9 Å². The fourth-order valence-electron chi connectivity index (χ4n) is 2.21. The van der Waals surface area contributed by atoms with Crippen LogP contribution >= 0.6 is 27.7 Å². The Kier molecular flexibility index (Phi) is 5.10. The SMILES string of the molecule is CC(Sc1cc(Br)ccc1C(=O)O)C(=O)N1CCCC1. The molecule has 0 aromatic heterocycles. The van der Waals surface area contributed by atoms with Crippen LogP contribution in [0.15, 0.2) is 27.6 Å². The van der Waals surface area contributed by atoms with E-state index in [0.29, 0.717) is 4.90 Å². The highest BCUT2D eigenvalue weighted by atomic mass is 79.9. The molecule has 4 nitrogen and oxygen atoms in total. The molecule has 0 bridgehead atoms. The first kappa shape index (κ1) is 15.4. The highest BCUT2D eigenvalue weighted by Gasteiger charge is 2.25. The monoisotopic (exact) mass is 357 g/mol. The largest absolute Gasteiger partial charge is 0.478 e. The van der Waals surface area contributed by atoms with Gasteiger partial charge in [-0.3, -0.25) is 4.79 Å². The molecule has 20 heavy (non-hydrogen) atoms. The first-order chi connectivity index (χ1) is 9.49. The summed E-state index contributed by atoms with van der Waals surface area (Å²) in [6.07, 6.45) is 2.11. The van der Waals surface area contributed by atoms with Crippen molar-refractivity contribution in [3.05, 3.63) is 28.2 Å². The first-order valence-corrected chi connectivity index (χ1v) is 8.14. The van der Waals surface area contributed by atoms with E-state index >= 15 is 0 Å². The van der Waals surface area contributed by atoms with Crippen LogP contribution in [0.25, 0.3) is 0 Å². The molecule has 0 radical (unpaired) electrons. The molecule has 1 fully saturated rings. The van der Waals surface area contributed by atoms with Gasteiger partial charge in [0.2, 0.25) is 5.91 Å². The highest BCUT2D eigenvalue weighted by molar-refractivity contribution is 9.10. The number of hydrogen-bond donors (Lipinski definition) is 1. The minimum atomic E-state index is -0.971. The number of likely N-dealkylation sites (tertiary alicyclic amines) is 1. The van der Waals surface area contributed by atoms with Gasteiger partial charge >= 0.3 is 5.97 Å². The molecule has 1 aliphatic rings. The van der Waals surface area contributed by atoms with Gasteiger partial charge in [-0.05, 0) is 38.0 Å². The van der Waals surface area contributed by atoms with Gasteiger partial charge in [-0.2, -0.15) is 0 Å². The third-order valence-corrected chi connectivity index (χ3v) is 4.88. The van der Waals surface area contributed by atoms with E-state index < -0.39 is 5.97 Å². The summed E-state index contributed by atoms with van der Waals surface area (Å²) in [5, 5.41) is 8.92. The second kappa shape index (κ2) is 6.63. The lowest BCUT2D eigenvalue weighted by molar-refractivity contribution is -0.129. The molecule has 1 aliphatic heterocycles. The quantitative estimate of drug-likeness (QED) is 0.840. The molecule has 2 rings (SSSR count). The van der Waals surface area contributed by atoms with E-state index in [1.807, 2.05) is 11.8 Å². The minimum absolute atomic E-state index is 0.0869. The Morgan fingerprint density at radius 3 is 2.60 bits per heavy atom. The summed E-state index contributed by atoms with van der Waals surface area (Å²) < 4.78 is 0.811. The van der Waals surface area contributed by atoms with Gasteiger partial charge in [0.1, 0.15) is 0 Å². The summed E-state index contributed by atoms with van der Waals surface area (Å²) in [4.78, 5) is 26.0. The fourth-order valence-corrected chi connectivity index (χ4v) is 3.83. The molecule has 1 aromatic rings. The molecule has 0 saturated carbocycles. The van der Waals surface area contributed by atoms with Gasteiger partial charge in [-0.15, -0.1) is 11.8 Å². The van der Waals surface area contributed by atoms with E-state index in [-0.39, 0.29) is 16.7 Å². The molecule has 1 N–H and O–H groups in total. The normalized spacial score (nSPS) is 16.2. The Morgan fingerprint density at radius 2 is 2.00 bits per heavy atom. The molecule has 1 aromatic carbocycles. The van der Waals surface area contributed by atoms with Crippen molar-refractivity contribution in [2.24, 2.45) is 0 Å². The van der Waals surface area contributed by atoms with Gasteiger partial charge in [0.05, 0.1) is 10.8 Å². The molecule has 0 spiro atoms. The number of rotatable bonds is 4. The molecule has 1 saturated heterocycles. The average Bonchev–Trinajstić information content (AvgIpc) is 2.91. The van der Waals surface area contributed by atoms with Gasteiger partial charge in [0, 0.05) is 22.5 Å². The van der Waals surface area contributed by atoms with E-state index in [4.69, 9.17) is 0 Å². The van der Waals surface area contributed by atoms with Gasteiger partial charge in [0.15, 0.2) is 0 Å². The summed E-state index contributed by atoms with van der Waals surface area (Å²) in [6.45, 7) is 3.46. The van der Waals surface area contributed by atoms with Crippen LogP contribution in [0.2, 0.25) is 0 Å². The number of amides is 1. The summed E-state index contributed by atoms with van der Waals surface area (Å²) >= 11 is 4.64. The van der Waals surface area contributed by atoms with Crippen molar-refractivity contribution in [2.75, 3.05) is 13.1 Å². The zero-order chi connectivity index (χ0) is 14.7. The fraction of sp³-hybridized carbons (Fsp3) is 0.429. The summed E-state index contributed by atoms with van der Waals surface area (Å²) in [6, 6.07) is 5.00. The van der Waals surface area contributed by atoms with Crippen molar-refractivity contribution in [1.82, 2.24) is 4.90 Å². The second-order valence-corrected chi connectivity index (χ2v) is 7.04. The van der Waals surface area contributed by atoms with Crippen molar-refractivity contribution in [3.63, 3.8) is 0 Å². The number of benzene rings is 1. The average molecular weight is 358 g/mol. The van der Waals surface area contributed by atoms with E-state index in [9.17, 15) is 14.7 Å². The molecule has 1 heterocycles. The predicted molar refractivity (Wildman–Crippen MR) is 82.2 cm³/mol. The lowest BCUT2D eigenvalue weighted by Gasteiger charge is -2.20. The molecule has 1 atom stereocenters. The Balaban J connectivity index is 2.14. The van der Waals surface area contributed by atoms with Gasteiger partial charge in [0.25, 0.3) is 0 Å². The van der Waals surface area contributed by atoms with Crippen LogP contribution in [0.3, 0.4) is 0 Å². The summed E-state index contributed by atoms with van der Waals surface area (Å²) in [5.74, 6) is -0.885. The number of hydrogen-bond acceptors (Lipinski definition) is 3.